The van der Waals surface area contributed by atoms with Crippen molar-refractivity contribution in [2.45, 2.75) is 19.1 Å². The molecule has 0 radical (unpaired) electrons. The predicted molar refractivity (Wildman–Crippen MR) is 105 cm³/mol. The number of alkyl halides is 3. The van der Waals surface area contributed by atoms with Gasteiger partial charge in [-0.3, -0.25) is 9.59 Å². The first-order valence-electron chi connectivity index (χ1n) is 9.50. The van der Waals surface area contributed by atoms with Gasteiger partial charge in [-0.15, -0.1) is 0 Å². The van der Waals surface area contributed by atoms with Crippen LogP contribution in [0, 0.1) is 5.92 Å². The quantitative estimate of drug-likeness (QED) is 0.675. The van der Waals surface area contributed by atoms with Gasteiger partial charge in [-0.1, -0.05) is 12.1 Å². The lowest BCUT2D eigenvalue weighted by atomic mass is 10.1. The number of nitrogens with one attached hydrogen (secondary N) is 1. The highest BCUT2D eigenvalue weighted by Crippen LogP contribution is 2.30. The molecular weight excluding hydrogens is 411 g/mol. The molecule has 1 aromatic carbocycles. The molecule has 31 heavy (non-hydrogen) atoms. The van der Waals surface area contributed by atoms with Crippen LogP contribution in [0.2, 0.25) is 0 Å². The lowest BCUT2D eigenvalue weighted by molar-refractivity contribution is -0.137. The van der Waals surface area contributed by atoms with Crippen molar-refractivity contribution >= 4 is 17.5 Å². The molecule has 0 unspecified atom stereocenters. The number of amides is 2. The van der Waals surface area contributed by atoms with E-state index in [4.69, 9.17) is 0 Å². The molecule has 1 aliphatic rings. The van der Waals surface area contributed by atoms with Gasteiger partial charge >= 0.3 is 6.18 Å². The average Bonchev–Trinajstić information content (AvgIpc) is 3.39. The second-order valence-corrected chi connectivity index (χ2v) is 7.22. The highest BCUT2D eigenvalue weighted by atomic mass is 19.4. The SMILES string of the molecule is O=C(Nc1ccc(-n2cccn2)nc1)[C@H]1CC(=O)N(Cc2cccc(C(F)(F)F)c2)C1. The smallest absolute Gasteiger partial charge is 0.338 e. The van der Waals surface area contributed by atoms with Gasteiger partial charge in [-0.25, -0.2) is 9.67 Å². The van der Waals surface area contributed by atoms with Gasteiger partial charge < -0.3 is 10.2 Å². The van der Waals surface area contributed by atoms with Gasteiger partial charge in [0.2, 0.25) is 11.8 Å². The third kappa shape index (κ3) is 4.73. The Balaban J connectivity index is 1.37. The number of nitrogens with zero attached hydrogens (tertiary/aromatic N) is 4. The number of likely N-dealkylation sites (tertiary alicyclic amines) is 1. The maximum absolute atomic E-state index is 12.9. The van der Waals surface area contributed by atoms with Gasteiger partial charge in [-0.05, 0) is 35.9 Å². The molecule has 1 aliphatic heterocycles. The molecule has 1 saturated heterocycles. The molecule has 10 heteroatoms. The zero-order valence-electron chi connectivity index (χ0n) is 16.2. The van der Waals surface area contributed by atoms with Crippen LogP contribution in [0.4, 0.5) is 18.9 Å². The Bertz CT molecular complexity index is 1080. The van der Waals surface area contributed by atoms with E-state index in [1.807, 2.05) is 0 Å². The Morgan fingerprint density at radius 1 is 1.19 bits per heavy atom. The minimum atomic E-state index is -4.45. The van der Waals surface area contributed by atoms with Gasteiger partial charge in [0.05, 0.1) is 23.4 Å². The van der Waals surface area contributed by atoms with Crippen molar-refractivity contribution in [1.82, 2.24) is 19.7 Å². The topological polar surface area (TPSA) is 80.1 Å². The van der Waals surface area contributed by atoms with Crippen LogP contribution in [0.5, 0.6) is 0 Å². The Morgan fingerprint density at radius 3 is 2.71 bits per heavy atom. The number of pyridine rings is 1. The molecule has 1 fully saturated rings. The molecule has 0 bridgehead atoms. The van der Waals surface area contributed by atoms with Crippen LogP contribution in [-0.4, -0.2) is 38.0 Å². The van der Waals surface area contributed by atoms with Crippen molar-refractivity contribution in [3.8, 4) is 5.82 Å². The maximum atomic E-state index is 12.9. The van der Waals surface area contributed by atoms with Crippen LogP contribution < -0.4 is 5.32 Å². The summed E-state index contributed by atoms with van der Waals surface area (Å²) in [5.41, 5.74) is 0.0734. The van der Waals surface area contributed by atoms with Crippen molar-refractivity contribution in [3.05, 3.63) is 72.2 Å². The molecule has 0 spiro atoms. The standard InChI is InChI=1S/C21H18F3N5O2/c22-21(23,24)16-4-1-3-14(9-16)12-28-13-15(10-19(28)30)20(31)27-17-5-6-18(25-11-17)29-8-2-7-26-29/h1-9,11,15H,10,12-13H2,(H,27,31)/t15-/m0/s1. The summed E-state index contributed by atoms with van der Waals surface area (Å²) in [6.45, 7) is 0.159. The molecule has 1 atom stereocenters. The fraction of sp³-hybridized carbons (Fsp3) is 0.238. The number of rotatable bonds is 5. The lowest BCUT2D eigenvalue weighted by Crippen LogP contribution is -2.28. The molecule has 4 rings (SSSR count). The first-order valence-corrected chi connectivity index (χ1v) is 9.50. The largest absolute Gasteiger partial charge is 0.416 e. The first kappa shape index (κ1) is 20.6. The van der Waals surface area contributed by atoms with Crippen molar-refractivity contribution in [1.29, 1.82) is 0 Å². The third-order valence-corrected chi connectivity index (χ3v) is 4.97. The fourth-order valence-corrected chi connectivity index (χ4v) is 3.41. The number of halogens is 3. The number of carbonyl (C=O) groups excluding carboxylic acids is 2. The molecule has 3 heterocycles. The number of anilines is 1. The van der Waals surface area contributed by atoms with Crippen LogP contribution in [-0.2, 0) is 22.3 Å². The highest BCUT2D eigenvalue weighted by Gasteiger charge is 2.35. The lowest BCUT2D eigenvalue weighted by Gasteiger charge is -2.17. The number of hydrogen-bond acceptors (Lipinski definition) is 4. The van der Waals surface area contributed by atoms with Gasteiger partial charge in [0, 0.05) is 31.9 Å². The van der Waals surface area contributed by atoms with Gasteiger partial charge in [0.1, 0.15) is 0 Å². The molecule has 0 aliphatic carbocycles. The van der Waals surface area contributed by atoms with E-state index in [1.54, 1.807) is 35.3 Å². The van der Waals surface area contributed by atoms with Crippen molar-refractivity contribution in [2.75, 3.05) is 11.9 Å². The zero-order chi connectivity index (χ0) is 22.0. The molecule has 2 amide bonds. The summed E-state index contributed by atoms with van der Waals surface area (Å²) >= 11 is 0. The zero-order valence-corrected chi connectivity index (χ0v) is 16.2. The second kappa shape index (κ2) is 8.21. The van der Waals surface area contributed by atoms with Crippen molar-refractivity contribution < 1.29 is 22.8 Å². The van der Waals surface area contributed by atoms with E-state index in [-0.39, 0.29) is 31.3 Å². The van der Waals surface area contributed by atoms with Gasteiger partial charge in [-0.2, -0.15) is 18.3 Å². The Hall–Kier alpha value is -3.69. The first-order chi connectivity index (χ1) is 14.8. The van der Waals surface area contributed by atoms with Crippen LogP contribution in [0.3, 0.4) is 0 Å². The van der Waals surface area contributed by atoms with Crippen LogP contribution >= 0.6 is 0 Å². The van der Waals surface area contributed by atoms with E-state index in [1.165, 1.54) is 23.2 Å². The summed E-state index contributed by atoms with van der Waals surface area (Å²) in [5, 5.41) is 6.80. The summed E-state index contributed by atoms with van der Waals surface area (Å²) in [5.74, 6) is -0.617. The summed E-state index contributed by atoms with van der Waals surface area (Å²) < 4.78 is 40.3. The average molecular weight is 429 g/mol. The van der Waals surface area contributed by atoms with Crippen LogP contribution in [0.15, 0.2) is 61.1 Å². The van der Waals surface area contributed by atoms with E-state index < -0.39 is 17.7 Å². The number of hydrogen-bond donors (Lipinski definition) is 1. The number of benzene rings is 1. The summed E-state index contributed by atoms with van der Waals surface area (Å²) in [7, 11) is 0. The minimum Gasteiger partial charge on any atom is -0.338 e. The molecule has 3 aromatic rings. The van der Waals surface area contributed by atoms with Crippen molar-refractivity contribution in [3.63, 3.8) is 0 Å². The number of aromatic nitrogens is 3. The predicted octanol–water partition coefficient (Wildman–Crippen LogP) is 3.27. The third-order valence-electron chi connectivity index (χ3n) is 4.97. The van der Waals surface area contributed by atoms with Crippen LogP contribution in [0.1, 0.15) is 17.5 Å². The van der Waals surface area contributed by atoms with E-state index in [2.05, 4.69) is 15.4 Å². The molecule has 1 N–H and O–H groups in total. The molecule has 2 aromatic heterocycles. The summed E-state index contributed by atoms with van der Waals surface area (Å²) in [6.07, 6.45) is 0.410. The Labute approximate surface area is 175 Å². The Kier molecular flexibility index (Phi) is 5.45. The van der Waals surface area contributed by atoms with E-state index in [0.717, 1.165) is 12.1 Å². The summed E-state index contributed by atoms with van der Waals surface area (Å²) in [6, 6.07) is 9.98. The van der Waals surface area contributed by atoms with E-state index in [0.29, 0.717) is 17.1 Å². The molecule has 0 saturated carbocycles. The summed E-state index contributed by atoms with van der Waals surface area (Å²) in [4.78, 5) is 30.5. The molecular formula is C21H18F3N5O2. The van der Waals surface area contributed by atoms with Gasteiger partial charge in [0.25, 0.3) is 0 Å². The molecule has 7 nitrogen and oxygen atoms in total. The second-order valence-electron chi connectivity index (χ2n) is 7.22. The maximum Gasteiger partial charge on any atom is 0.416 e. The Morgan fingerprint density at radius 2 is 2.03 bits per heavy atom. The highest BCUT2D eigenvalue weighted by molar-refractivity contribution is 5.97. The monoisotopic (exact) mass is 429 g/mol. The van der Waals surface area contributed by atoms with Crippen molar-refractivity contribution in [2.24, 2.45) is 5.92 Å². The normalized spacial score (nSPS) is 16.5. The minimum absolute atomic E-state index is 0.00357. The van der Waals surface area contributed by atoms with Crippen LogP contribution in [0.25, 0.3) is 5.82 Å². The fourth-order valence-electron chi connectivity index (χ4n) is 3.41. The molecule has 160 valence electrons. The van der Waals surface area contributed by atoms with E-state index >= 15 is 0 Å². The number of carbonyl (C=O) groups is 2. The van der Waals surface area contributed by atoms with E-state index in [9.17, 15) is 22.8 Å². The van der Waals surface area contributed by atoms with Gasteiger partial charge in [0.15, 0.2) is 5.82 Å².